The first-order valence-corrected chi connectivity index (χ1v) is 8.58. The number of urea groups is 1. The van der Waals surface area contributed by atoms with Gasteiger partial charge in [-0.05, 0) is 38.1 Å². The number of hydrogen-bond acceptors (Lipinski definition) is 3. The Balaban J connectivity index is 2.21. The molecule has 0 spiro atoms. The predicted molar refractivity (Wildman–Crippen MR) is 105 cm³/mol. The summed E-state index contributed by atoms with van der Waals surface area (Å²) in [5.41, 5.74) is 1.17. The van der Waals surface area contributed by atoms with E-state index in [-0.39, 0.29) is 27.7 Å². The van der Waals surface area contributed by atoms with Crippen molar-refractivity contribution in [2.75, 3.05) is 17.7 Å². The Bertz CT molecular complexity index is 802. The smallest absolute Gasteiger partial charge is 0.319 e. The SMILES string of the molecule is COc1c(Cl)cc(C(=O)Nc2ccccc2NC(=O)NC(C)C)cc1Cl. The standard InChI is InChI=1S/C18H19Cl2N3O3/c1-10(2)21-18(25)23-15-7-5-4-6-14(15)22-17(24)11-8-12(19)16(26-3)13(20)9-11/h4-10H,1-3H3,(H,22,24)(H2,21,23,25). The molecule has 0 radical (unpaired) electrons. The number of rotatable bonds is 5. The Kier molecular flexibility index (Phi) is 6.71. The number of halogens is 2. The van der Waals surface area contributed by atoms with E-state index in [1.54, 1.807) is 24.3 Å². The van der Waals surface area contributed by atoms with Gasteiger partial charge < -0.3 is 20.7 Å². The highest BCUT2D eigenvalue weighted by Gasteiger charge is 2.15. The lowest BCUT2D eigenvalue weighted by molar-refractivity contribution is 0.102. The molecular formula is C18H19Cl2N3O3. The van der Waals surface area contributed by atoms with Gasteiger partial charge in [0.1, 0.15) is 0 Å². The average Bonchev–Trinajstić information content (AvgIpc) is 2.55. The van der Waals surface area contributed by atoms with E-state index in [0.717, 1.165) is 0 Å². The summed E-state index contributed by atoms with van der Waals surface area (Å²) in [4.78, 5) is 24.4. The molecule has 0 aliphatic rings. The van der Waals surface area contributed by atoms with E-state index in [1.807, 2.05) is 13.8 Å². The van der Waals surface area contributed by atoms with Crippen LogP contribution in [0.5, 0.6) is 5.75 Å². The quantitative estimate of drug-likeness (QED) is 0.680. The van der Waals surface area contributed by atoms with Gasteiger partial charge in [-0.25, -0.2) is 4.79 Å². The Labute approximate surface area is 161 Å². The maximum Gasteiger partial charge on any atom is 0.319 e. The molecule has 0 aliphatic heterocycles. The van der Waals surface area contributed by atoms with Crippen LogP contribution in [0.4, 0.5) is 16.2 Å². The second-order valence-electron chi connectivity index (χ2n) is 5.73. The minimum Gasteiger partial charge on any atom is -0.494 e. The third-order valence-corrected chi connectivity index (χ3v) is 3.87. The third kappa shape index (κ3) is 5.03. The highest BCUT2D eigenvalue weighted by Crippen LogP contribution is 2.34. The molecule has 2 aromatic rings. The summed E-state index contributed by atoms with van der Waals surface area (Å²) in [5.74, 6) is -0.118. The molecule has 0 heterocycles. The Morgan fingerprint density at radius 3 is 2.04 bits per heavy atom. The van der Waals surface area contributed by atoms with Gasteiger partial charge in [0.25, 0.3) is 5.91 Å². The van der Waals surface area contributed by atoms with E-state index in [0.29, 0.717) is 17.1 Å². The minimum atomic E-state index is -0.421. The van der Waals surface area contributed by atoms with E-state index in [1.165, 1.54) is 19.2 Å². The molecule has 0 unspecified atom stereocenters. The van der Waals surface area contributed by atoms with E-state index < -0.39 is 5.91 Å². The zero-order valence-electron chi connectivity index (χ0n) is 14.5. The van der Waals surface area contributed by atoms with Gasteiger partial charge in [0, 0.05) is 11.6 Å². The van der Waals surface area contributed by atoms with Crippen molar-refractivity contribution in [2.24, 2.45) is 0 Å². The molecule has 0 saturated heterocycles. The number of ether oxygens (including phenoxy) is 1. The summed E-state index contributed by atoms with van der Waals surface area (Å²) in [6.45, 7) is 3.70. The predicted octanol–water partition coefficient (Wildman–Crippen LogP) is 4.78. The van der Waals surface area contributed by atoms with Crippen LogP contribution in [-0.4, -0.2) is 25.1 Å². The van der Waals surface area contributed by atoms with Crippen molar-refractivity contribution in [3.05, 3.63) is 52.0 Å². The van der Waals surface area contributed by atoms with Gasteiger partial charge in [-0.15, -0.1) is 0 Å². The van der Waals surface area contributed by atoms with E-state index in [4.69, 9.17) is 27.9 Å². The Hall–Kier alpha value is -2.44. The summed E-state index contributed by atoms with van der Waals surface area (Å²) < 4.78 is 5.07. The molecule has 2 aromatic carbocycles. The molecule has 8 heteroatoms. The normalized spacial score (nSPS) is 10.4. The maximum absolute atomic E-state index is 12.5. The topological polar surface area (TPSA) is 79.5 Å². The lowest BCUT2D eigenvalue weighted by atomic mass is 10.2. The molecular weight excluding hydrogens is 377 g/mol. The lowest BCUT2D eigenvalue weighted by Gasteiger charge is -2.15. The zero-order chi connectivity index (χ0) is 19.3. The summed E-state index contributed by atoms with van der Waals surface area (Å²) >= 11 is 12.2. The van der Waals surface area contributed by atoms with Crippen LogP contribution in [0.2, 0.25) is 10.0 Å². The highest BCUT2D eigenvalue weighted by molar-refractivity contribution is 6.37. The zero-order valence-corrected chi connectivity index (χ0v) is 16.0. The molecule has 6 nitrogen and oxygen atoms in total. The van der Waals surface area contributed by atoms with Crippen molar-refractivity contribution in [1.82, 2.24) is 5.32 Å². The number of hydrogen-bond donors (Lipinski definition) is 3. The summed E-state index contributed by atoms with van der Waals surface area (Å²) in [5, 5.41) is 8.62. The van der Waals surface area contributed by atoms with Crippen molar-refractivity contribution in [3.8, 4) is 5.75 Å². The molecule has 0 aliphatic carbocycles. The van der Waals surface area contributed by atoms with Crippen molar-refractivity contribution in [3.63, 3.8) is 0 Å². The fraction of sp³-hybridized carbons (Fsp3) is 0.222. The van der Waals surface area contributed by atoms with Gasteiger partial charge in [0.05, 0.1) is 28.5 Å². The van der Waals surface area contributed by atoms with Crippen molar-refractivity contribution in [2.45, 2.75) is 19.9 Å². The molecule has 0 bridgehead atoms. The first-order valence-electron chi connectivity index (χ1n) is 7.82. The van der Waals surface area contributed by atoms with Crippen molar-refractivity contribution >= 4 is 46.5 Å². The number of carbonyl (C=O) groups excluding carboxylic acids is 2. The molecule has 3 amide bonds. The molecule has 0 aromatic heterocycles. The number of benzene rings is 2. The van der Waals surface area contributed by atoms with Crippen LogP contribution in [0.3, 0.4) is 0 Å². The fourth-order valence-electron chi connectivity index (χ4n) is 2.20. The fourth-order valence-corrected chi connectivity index (χ4v) is 2.84. The monoisotopic (exact) mass is 395 g/mol. The molecule has 26 heavy (non-hydrogen) atoms. The number of amides is 3. The van der Waals surface area contributed by atoms with Crippen LogP contribution >= 0.6 is 23.2 Å². The van der Waals surface area contributed by atoms with E-state index in [9.17, 15) is 9.59 Å². The molecule has 138 valence electrons. The Morgan fingerprint density at radius 2 is 1.54 bits per heavy atom. The van der Waals surface area contributed by atoms with Crippen LogP contribution in [0.25, 0.3) is 0 Å². The number of carbonyl (C=O) groups is 2. The lowest BCUT2D eigenvalue weighted by Crippen LogP contribution is -2.34. The van der Waals surface area contributed by atoms with Crippen LogP contribution < -0.4 is 20.7 Å². The minimum absolute atomic E-state index is 0.0136. The van der Waals surface area contributed by atoms with Crippen LogP contribution in [0.1, 0.15) is 24.2 Å². The second-order valence-corrected chi connectivity index (χ2v) is 6.54. The summed E-state index contributed by atoms with van der Waals surface area (Å²) in [7, 11) is 1.44. The van der Waals surface area contributed by atoms with Gasteiger partial charge in [0.2, 0.25) is 0 Å². The number of para-hydroxylation sites is 2. The molecule has 2 rings (SSSR count). The van der Waals surface area contributed by atoms with E-state index >= 15 is 0 Å². The van der Waals surface area contributed by atoms with Crippen LogP contribution in [0.15, 0.2) is 36.4 Å². The largest absolute Gasteiger partial charge is 0.494 e. The molecule has 3 N–H and O–H groups in total. The van der Waals surface area contributed by atoms with Gasteiger partial charge in [-0.2, -0.15) is 0 Å². The van der Waals surface area contributed by atoms with Crippen LogP contribution in [0, 0.1) is 0 Å². The van der Waals surface area contributed by atoms with Crippen molar-refractivity contribution in [1.29, 1.82) is 0 Å². The van der Waals surface area contributed by atoms with Gasteiger partial charge in [-0.1, -0.05) is 35.3 Å². The first kappa shape index (κ1) is 19.9. The second kappa shape index (κ2) is 8.78. The Morgan fingerprint density at radius 1 is 1.00 bits per heavy atom. The molecule has 0 fully saturated rings. The summed E-state index contributed by atoms with van der Waals surface area (Å²) in [6, 6.07) is 9.40. The number of nitrogens with one attached hydrogen (secondary N) is 3. The van der Waals surface area contributed by atoms with Gasteiger partial charge in [-0.3, -0.25) is 4.79 Å². The van der Waals surface area contributed by atoms with Crippen molar-refractivity contribution < 1.29 is 14.3 Å². The average molecular weight is 396 g/mol. The van der Waals surface area contributed by atoms with Gasteiger partial charge in [0.15, 0.2) is 5.75 Å². The summed E-state index contributed by atoms with van der Waals surface area (Å²) in [6.07, 6.45) is 0. The van der Waals surface area contributed by atoms with Gasteiger partial charge >= 0.3 is 6.03 Å². The number of anilines is 2. The number of methoxy groups -OCH3 is 1. The highest BCUT2D eigenvalue weighted by atomic mass is 35.5. The first-order chi connectivity index (χ1) is 12.3. The van der Waals surface area contributed by atoms with E-state index in [2.05, 4.69) is 16.0 Å². The maximum atomic E-state index is 12.5. The molecule has 0 atom stereocenters. The van der Waals surface area contributed by atoms with Crippen LogP contribution in [-0.2, 0) is 0 Å². The molecule has 0 saturated carbocycles. The third-order valence-electron chi connectivity index (χ3n) is 3.31.